The molecule has 2 heterocycles. The number of nitrogens with one attached hydrogen (secondary N) is 1. The number of hydrogen-bond donors (Lipinski definition) is 1. The number of anilines is 1. The van der Waals surface area contributed by atoms with Crippen LogP contribution in [0.4, 0.5) is 5.69 Å². The van der Waals surface area contributed by atoms with Crippen LogP contribution in [0, 0.1) is 11.8 Å². The summed E-state index contributed by atoms with van der Waals surface area (Å²) in [4.78, 5) is 38.8. The molecule has 1 aromatic heterocycles. The fourth-order valence-corrected chi connectivity index (χ4v) is 4.23. The zero-order valence-electron chi connectivity index (χ0n) is 15.2. The molecule has 2 aromatic rings. The van der Waals surface area contributed by atoms with Crippen molar-refractivity contribution in [1.29, 1.82) is 0 Å². The molecule has 28 heavy (non-hydrogen) atoms. The first-order chi connectivity index (χ1) is 13.6. The van der Waals surface area contributed by atoms with Gasteiger partial charge in [-0.25, -0.2) is 9.80 Å². The predicted molar refractivity (Wildman–Crippen MR) is 106 cm³/mol. The molecule has 0 radical (unpaired) electrons. The summed E-state index contributed by atoms with van der Waals surface area (Å²) < 4.78 is 5.35. The van der Waals surface area contributed by atoms with Crippen LogP contribution in [0.5, 0.6) is 0 Å². The molecule has 2 amide bonds. The van der Waals surface area contributed by atoms with Gasteiger partial charge in [0.2, 0.25) is 11.8 Å². The molecule has 2 unspecified atom stereocenters. The summed E-state index contributed by atoms with van der Waals surface area (Å²) in [5, 5.41) is 3.24. The Morgan fingerprint density at radius 1 is 1.14 bits per heavy atom. The summed E-state index contributed by atoms with van der Waals surface area (Å²) in [6.45, 7) is 0.291. The maximum atomic E-state index is 12.9. The second-order valence-electron chi connectivity index (χ2n) is 6.82. The smallest absolute Gasteiger partial charge is 0.338 e. The Hall–Kier alpha value is -2.93. The summed E-state index contributed by atoms with van der Waals surface area (Å²) in [5.74, 6) is -1.46. The zero-order chi connectivity index (χ0) is 19.5. The maximum Gasteiger partial charge on any atom is 0.338 e. The van der Waals surface area contributed by atoms with Gasteiger partial charge in [-0.05, 0) is 42.5 Å². The Morgan fingerprint density at radius 2 is 1.96 bits per heavy atom. The van der Waals surface area contributed by atoms with Crippen LogP contribution in [0.2, 0.25) is 0 Å². The van der Waals surface area contributed by atoms with Crippen molar-refractivity contribution in [2.75, 3.05) is 11.6 Å². The van der Waals surface area contributed by atoms with Crippen molar-refractivity contribution in [3.8, 4) is 0 Å². The van der Waals surface area contributed by atoms with Crippen molar-refractivity contribution in [3.05, 3.63) is 64.4 Å². The predicted octanol–water partition coefficient (Wildman–Crippen LogP) is 3.11. The topological polar surface area (TPSA) is 75.7 Å². The van der Waals surface area contributed by atoms with Gasteiger partial charge in [-0.3, -0.25) is 15.0 Å². The average Bonchev–Trinajstić information content (AvgIpc) is 3.24. The number of rotatable bonds is 5. The van der Waals surface area contributed by atoms with E-state index in [4.69, 9.17) is 4.74 Å². The number of carbonyl (C=O) groups is 3. The van der Waals surface area contributed by atoms with Crippen molar-refractivity contribution in [2.24, 2.45) is 11.8 Å². The molecule has 2 atom stereocenters. The molecule has 1 saturated heterocycles. The van der Waals surface area contributed by atoms with Gasteiger partial charge in [0.25, 0.3) is 0 Å². The van der Waals surface area contributed by atoms with Gasteiger partial charge in [0, 0.05) is 11.3 Å². The van der Waals surface area contributed by atoms with E-state index in [0.717, 1.165) is 4.88 Å². The first-order valence-electron chi connectivity index (χ1n) is 9.22. The Morgan fingerprint density at radius 3 is 2.75 bits per heavy atom. The number of benzene rings is 1. The first kappa shape index (κ1) is 18.4. The number of carbonyl (C=O) groups excluding carboxylic acids is 3. The largest absolute Gasteiger partial charge is 0.462 e. The molecular formula is C21H20N2O4S. The summed E-state index contributed by atoms with van der Waals surface area (Å²) in [6.07, 6.45) is 5.68. The molecule has 0 bridgehead atoms. The molecule has 6 nitrogen and oxygen atoms in total. The van der Waals surface area contributed by atoms with Crippen molar-refractivity contribution < 1.29 is 19.1 Å². The minimum Gasteiger partial charge on any atom is -0.462 e. The Bertz CT molecular complexity index is 922. The Labute approximate surface area is 166 Å². The van der Waals surface area contributed by atoms with Gasteiger partial charge in [-0.2, -0.15) is 0 Å². The number of fused-ring (bicyclic) bond motifs is 1. The van der Waals surface area contributed by atoms with Crippen LogP contribution in [-0.4, -0.2) is 24.4 Å². The van der Waals surface area contributed by atoms with Gasteiger partial charge in [0.1, 0.15) is 0 Å². The van der Waals surface area contributed by atoms with Crippen molar-refractivity contribution in [3.63, 3.8) is 0 Å². The second-order valence-corrected chi connectivity index (χ2v) is 7.85. The number of ether oxygens (including phenoxy) is 1. The van der Waals surface area contributed by atoms with E-state index in [1.54, 1.807) is 35.6 Å². The summed E-state index contributed by atoms with van der Waals surface area (Å²) in [7, 11) is 0. The number of esters is 1. The number of hydrazine groups is 1. The van der Waals surface area contributed by atoms with E-state index in [2.05, 4.69) is 5.43 Å². The minimum atomic E-state index is -0.451. The lowest BCUT2D eigenvalue weighted by atomic mass is 9.80. The van der Waals surface area contributed by atoms with Crippen LogP contribution in [-0.2, 0) is 20.7 Å². The van der Waals surface area contributed by atoms with E-state index in [-0.39, 0.29) is 23.7 Å². The molecule has 144 valence electrons. The van der Waals surface area contributed by atoms with Gasteiger partial charge in [-0.1, -0.05) is 24.3 Å². The molecule has 7 heteroatoms. The van der Waals surface area contributed by atoms with Crippen LogP contribution < -0.4 is 10.4 Å². The fourth-order valence-electron chi connectivity index (χ4n) is 3.54. The lowest BCUT2D eigenvalue weighted by Gasteiger charge is -2.38. The third kappa shape index (κ3) is 3.71. The third-order valence-electron chi connectivity index (χ3n) is 5.03. The van der Waals surface area contributed by atoms with E-state index < -0.39 is 5.97 Å². The molecule has 1 N–H and O–H groups in total. The second kappa shape index (κ2) is 7.98. The first-order valence-corrected chi connectivity index (χ1v) is 10.1. The monoisotopic (exact) mass is 396 g/mol. The fraction of sp³-hybridized carbons (Fsp3) is 0.286. The van der Waals surface area contributed by atoms with E-state index in [9.17, 15) is 14.4 Å². The SMILES string of the molecule is O=C(OCCc1cccs1)c1cccc(N2NC(=O)C3CC=CCC3C2=O)c1. The third-order valence-corrected chi connectivity index (χ3v) is 5.97. The van der Waals surface area contributed by atoms with Gasteiger partial charge in [0.05, 0.1) is 29.7 Å². The van der Waals surface area contributed by atoms with Gasteiger partial charge in [-0.15, -0.1) is 11.3 Å². The van der Waals surface area contributed by atoms with Gasteiger partial charge in [0.15, 0.2) is 0 Å². The number of thiophene rings is 1. The number of nitrogens with zero attached hydrogens (tertiary/aromatic N) is 1. The summed E-state index contributed by atoms with van der Waals surface area (Å²) >= 11 is 1.62. The number of amides is 2. The van der Waals surface area contributed by atoms with E-state index in [0.29, 0.717) is 37.1 Å². The van der Waals surface area contributed by atoms with E-state index in [1.807, 2.05) is 29.7 Å². The van der Waals surface area contributed by atoms with Crippen LogP contribution >= 0.6 is 11.3 Å². The zero-order valence-corrected chi connectivity index (χ0v) is 16.0. The standard InChI is InChI=1S/C21H20N2O4S/c24-19-17-8-1-2-9-18(17)20(25)23(22-19)15-6-3-5-14(13-15)21(26)27-11-10-16-7-4-12-28-16/h1-7,12-13,17-18H,8-11H2,(H,22,24). The summed E-state index contributed by atoms with van der Waals surface area (Å²) in [6, 6.07) is 10.5. The maximum absolute atomic E-state index is 12.9. The van der Waals surface area contributed by atoms with Crippen molar-refractivity contribution in [2.45, 2.75) is 19.3 Å². The Balaban J connectivity index is 1.45. The lowest BCUT2D eigenvalue weighted by molar-refractivity contribution is -0.139. The average molecular weight is 396 g/mol. The van der Waals surface area contributed by atoms with E-state index in [1.165, 1.54) is 5.01 Å². The lowest BCUT2D eigenvalue weighted by Crippen LogP contribution is -2.59. The van der Waals surface area contributed by atoms with Crippen molar-refractivity contribution in [1.82, 2.24) is 5.43 Å². The van der Waals surface area contributed by atoms with Crippen LogP contribution in [0.1, 0.15) is 28.1 Å². The highest BCUT2D eigenvalue weighted by Crippen LogP contribution is 2.32. The number of hydrogen-bond acceptors (Lipinski definition) is 5. The van der Waals surface area contributed by atoms with Crippen LogP contribution in [0.15, 0.2) is 53.9 Å². The molecule has 4 rings (SSSR count). The van der Waals surface area contributed by atoms with Gasteiger partial charge >= 0.3 is 5.97 Å². The quantitative estimate of drug-likeness (QED) is 0.622. The molecule has 1 fully saturated rings. The van der Waals surface area contributed by atoms with Crippen LogP contribution in [0.25, 0.3) is 0 Å². The van der Waals surface area contributed by atoms with Crippen LogP contribution in [0.3, 0.4) is 0 Å². The summed E-state index contributed by atoms with van der Waals surface area (Å²) in [5.41, 5.74) is 3.47. The Kier molecular flexibility index (Phi) is 5.25. The normalized spacial score (nSPS) is 21.2. The minimum absolute atomic E-state index is 0.155. The number of allylic oxidation sites excluding steroid dienone is 2. The molecular weight excluding hydrogens is 376 g/mol. The highest BCUT2D eigenvalue weighted by atomic mass is 32.1. The van der Waals surface area contributed by atoms with Crippen molar-refractivity contribution >= 4 is 34.8 Å². The van der Waals surface area contributed by atoms with Gasteiger partial charge < -0.3 is 4.74 Å². The molecule has 0 saturated carbocycles. The molecule has 0 spiro atoms. The molecule has 2 aliphatic rings. The molecule has 1 aliphatic carbocycles. The highest BCUT2D eigenvalue weighted by molar-refractivity contribution is 7.09. The van der Waals surface area contributed by atoms with E-state index >= 15 is 0 Å². The molecule has 1 aliphatic heterocycles. The molecule has 1 aromatic carbocycles. The highest BCUT2D eigenvalue weighted by Gasteiger charge is 2.42.